The zero-order valence-electron chi connectivity index (χ0n) is 13.8. The summed E-state index contributed by atoms with van der Waals surface area (Å²) in [7, 11) is -3.07. The maximum atomic E-state index is 12.3. The second kappa shape index (κ2) is 7.29. The van der Waals surface area contributed by atoms with E-state index in [1.165, 1.54) is 6.26 Å². The van der Waals surface area contributed by atoms with Gasteiger partial charge in [0, 0.05) is 28.4 Å². The van der Waals surface area contributed by atoms with Crippen LogP contribution >= 0.6 is 15.9 Å². The average Bonchev–Trinajstić information content (AvgIpc) is 2.54. The Bertz CT molecular complexity index is 901. The number of fused-ring (bicyclic) bond motifs is 1. The minimum absolute atomic E-state index is 0.134. The van der Waals surface area contributed by atoms with E-state index in [1.54, 1.807) is 12.3 Å². The van der Waals surface area contributed by atoms with Crippen molar-refractivity contribution in [2.75, 3.05) is 11.6 Å². The van der Waals surface area contributed by atoms with Crippen LogP contribution in [0.15, 0.2) is 34.9 Å². The zero-order valence-corrected chi connectivity index (χ0v) is 16.2. The fourth-order valence-corrected chi connectivity index (χ4v) is 4.77. The highest BCUT2D eigenvalue weighted by atomic mass is 79.9. The van der Waals surface area contributed by atoms with Gasteiger partial charge in [0.2, 0.25) is 0 Å². The first-order valence-electron chi connectivity index (χ1n) is 8.13. The van der Waals surface area contributed by atoms with Crippen LogP contribution in [-0.4, -0.2) is 37.0 Å². The molecule has 1 aromatic heterocycles. The zero-order chi connectivity index (χ0) is 18.0. The van der Waals surface area contributed by atoms with Gasteiger partial charge >= 0.3 is 6.03 Å². The molecule has 1 heterocycles. The van der Waals surface area contributed by atoms with Crippen LogP contribution in [0.2, 0.25) is 0 Å². The standard InChI is InChI=1S/C17H20BrN3O3S/c1-25(23,24)14-6-3-5-13(9-14)20-17(22)21-15-7-2-4-11-8-12(18)10-19-16(11)15/h2,4,7-8,10,13-14H,3,5-6,9H2,1H3,(H2,20,21,22). The van der Waals surface area contributed by atoms with E-state index < -0.39 is 9.84 Å². The van der Waals surface area contributed by atoms with Gasteiger partial charge in [-0.25, -0.2) is 13.2 Å². The summed E-state index contributed by atoms with van der Waals surface area (Å²) in [6.45, 7) is 0. The van der Waals surface area contributed by atoms with Crippen molar-refractivity contribution in [1.82, 2.24) is 10.3 Å². The Morgan fingerprint density at radius 3 is 2.88 bits per heavy atom. The Balaban J connectivity index is 1.69. The molecule has 1 aliphatic carbocycles. The number of para-hydroxylation sites is 1. The number of anilines is 1. The summed E-state index contributed by atoms with van der Waals surface area (Å²) in [5, 5.41) is 6.27. The minimum Gasteiger partial charge on any atom is -0.335 e. The van der Waals surface area contributed by atoms with Gasteiger partial charge in [-0.15, -0.1) is 0 Å². The normalized spacial score (nSPS) is 21.0. The molecule has 134 valence electrons. The molecule has 0 spiro atoms. The molecular formula is C17H20BrN3O3S. The number of hydrogen-bond acceptors (Lipinski definition) is 4. The molecule has 8 heteroatoms. The molecule has 2 aromatic rings. The van der Waals surface area contributed by atoms with Crippen molar-refractivity contribution >= 4 is 48.4 Å². The molecule has 1 fully saturated rings. The molecule has 0 aliphatic heterocycles. The predicted molar refractivity (Wildman–Crippen MR) is 102 cm³/mol. The topological polar surface area (TPSA) is 88.2 Å². The molecule has 2 amide bonds. The summed E-state index contributed by atoms with van der Waals surface area (Å²) >= 11 is 3.38. The van der Waals surface area contributed by atoms with Gasteiger partial charge in [-0.05, 0) is 47.3 Å². The molecule has 0 radical (unpaired) electrons. The van der Waals surface area contributed by atoms with E-state index in [2.05, 4.69) is 31.5 Å². The lowest BCUT2D eigenvalue weighted by atomic mass is 9.95. The lowest BCUT2D eigenvalue weighted by molar-refractivity contribution is 0.244. The number of halogens is 1. The number of nitrogens with zero attached hydrogens (tertiary/aromatic N) is 1. The summed E-state index contributed by atoms with van der Waals surface area (Å²) in [6.07, 6.45) is 5.67. The SMILES string of the molecule is CS(=O)(=O)C1CCCC(NC(=O)Nc2cccc3cc(Br)cnc23)C1. The number of nitrogens with one attached hydrogen (secondary N) is 2. The van der Waals surface area contributed by atoms with Crippen molar-refractivity contribution in [2.24, 2.45) is 0 Å². The van der Waals surface area contributed by atoms with Crippen LogP contribution in [0.3, 0.4) is 0 Å². The van der Waals surface area contributed by atoms with Gasteiger partial charge in [0.1, 0.15) is 9.84 Å². The number of carbonyl (C=O) groups excluding carboxylic acids is 1. The van der Waals surface area contributed by atoms with Crippen LogP contribution in [0.25, 0.3) is 10.9 Å². The van der Waals surface area contributed by atoms with Gasteiger partial charge in [0.25, 0.3) is 0 Å². The molecule has 1 aliphatic rings. The van der Waals surface area contributed by atoms with Crippen molar-refractivity contribution in [3.8, 4) is 0 Å². The van der Waals surface area contributed by atoms with Crippen LogP contribution in [0, 0.1) is 0 Å². The highest BCUT2D eigenvalue weighted by molar-refractivity contribution is 9.10. The summed E-state index contributed by atoms with van der Waals surface area (Å²) in [6, 6.07) is 7.04. The minimum atomic E-state index is -3.07. The van der Waals surface area contributed by atoms with Crippen molar-refractivity contribution in [1.29, 1.82) is 0 Å². The maximum Gasteiger partial charge on any atom is 0.319 e. The Morgan fingerprint density at radius 2 is 2.12 bits per heavy atom. The van der Waals surface area contributed by atoms with Gasteiger partial charge < -0.3 is 10.6 Å². The molecule has 0 saturated heterocycles. The largest absolute Gasteiger partial charge is 0.335 e. The molecule has 2 N–H and O–H groups in total. The van der Waals surface area contributed by atoms with E-state index in [-0.39, 0.29) is 17.3 Å². The fourth-order valence-electron chi connectivity index (χ4n) is 3.24. The van der Waals surface area contributed by atoms with Crippen LogP contribution < -0.4 is 10.6 Å². The Hall–Kier alpha value is -1.67. The second-order valence-electron chi connectivity index (χ2n) is 6.44. The number of pyridine rings is 1. The average molecular weight is 426 g/mol. The summed E-state index contributed by atoms with van der Waals surface area (Å²) in [4.78, 5) is 16.7. The number of rotatable bonds is 3. The van der Waals surface area contributed by atoms with E-state index >= 15 is 0 Å². The molecule has 1 aromatic carbocycles. The van der Waals surface area contributed by atoms with Crippen molar-refractivity contribution in [3.63, 3.8) is 0 Å². The third-order valence-corrected chi connectivity index (χ3v) is 6.57. The number of benzene rings is 1. The van der Waals surface area contributed by atoms with E-state index in [9.17, 15) is 13.2 Å². The Morgan fingerprint density at radius 1 is 1.32 bits per heavy atom. The highest BCUT2D eigenvalue weighted by Gasteiger charge is 2.29. The number of sulfone groups is 1. The lowest BCUT2D eigenvalue weighted by Crippen LogP contribution is -2.43. The van der Waals surface area contributed by atoms with E-state index in [4.69, 9.17) is 0 Å². The smallest absolute Gasteiger partial charge is 0.319 e. The van der Waals surface area contributed by atoms with Crippen molar-refractivity contribution < 1.29 is 13.2 Å². The van der Waals surface area contributed by atoms with E-state index in [0.717, 1.165) is 22.7 Å². The first-order chi connectivity index (χ1) is 11.8. The molecule has 6 nitrogen and oxygen atoms in total. The van der Waals surface area contributed by atoms with E-state index in [0.29, 0.717) is 24.0 Å². The predicted octanol–water partition coefficient (Wildman–Crippen LogP) is 3.47. The number of hydrogen-bond donors (Lipinski definition) is 2. The molecule has 3 rings (SSSR count). The van der Waals surface area contributed by atoms with Gasteiger partial charge in [-0.3, -0.25) is 4.98 Å². The first-order valence-corrected chi connectivity index (χ1v) is 10.9. The number of aromatic nitrogens is 1. The molecule has 1 saturated carbocycles. The van der Waals surface area contributed by atoms with Crippen LogP contribution in [-0.2, 0) is 9.84 Å². The summed E-state index contributed by atoms with van der Waals surface area (Å²) < 4.78 is 24.4. The van der Waals surface area contributed by atoms with Crippen molar-refractivity contribution in [2.45, 2.75) is 37.0 Å². The Kier molecular flexibility index (Phi) is 5.29. The van der Waals surface area contributed by atoms with Gasteiger partial charge in [-0.2, -0.15) is 0 Å². The van der Waals surface area contributed by atoms with E-state index in [1.807, 2.05) is 18.2 Å². The summed E-state index contributed by atoms with van der Waals surface area (Å²) in [5.74, 6) is 0. The monoisotopic (exact) mass is 425 g/mol. The van der Waals surface area contributed by atoms with Gasteiger partial charge in [0.15, 0.2) is 0 Å². The highest BCUT2D eigenvalue weighted by Crippen LogP contribution is 2.25. The summed E-state index contributed by atoms with van der Waals surface area (Å²) in [5.41, 5.74) is 1.33. The van der Waals surface area contributed by atoms with Crippen LogP contribution in [0.5, 0.6) is 0 Å². The number of carbonyl (C=O) groups is 1. The lowest BCUT2D eigenvalue weighted by Gasteiger charge is -2.28. The number of amides is 2. The molecule has 25 heavy (non-hydrogen) atoms. The van der Waals surface area contributed by atoms with Gasteiger partial charge in [-0.1, -0.05) is 18.6 Å². The third kappa shape index (κ3) is 4.49. The fraction of sp³-hybridized carbons (Fsp3) is 0.412. The van der Waals surface area contributed by atoms with Crippen LogP contribution in [0.1, 0.15) is 25.7 Å². The molecular weight excluding hydrogens is 406 g/mol. The molecule has 2 atom stereocenters. The molecule has 2 unspecified atom stereocenters. The number of urea groups is 1. The van der Waals surface area contributed by atoms with Gasteiger partial charge in [0.05, 0.1) is 16.5 Å². The second-order valence-corrected chi connectivity index (χ2v) is 9.69. The molecule has 0 bridgehead atoms. The maximum absolute atomic E-state index is 12.3. The van der Waals surface area contributed by atoms with Crippen molar-refractivity contribution in [3.05, 3.63) is 34.9 Å². The quantitative estimate of drug-likeness (QED) is 0.787. The first kappa shape index (κ1) is 18.1. The van der Waals surface area contributed by atoms with Crippen LogP contribution in [0.4, 0.5) is 10.5 Å². The third-order valence-electron chi connectivity index (χ3n) is 4.49. The Labute approximate surface area is 155 Å².